The lowest BCUT2D eigenvalue weighted by Crippen LogP contribution is -2.24. The molecule has 0 aliphatic rings. The lowest BCUT2D eigenvalue weighted by molar-refractivity contribution is 0.102. The first-order valence-electron chi connectivity index (χ1n) is 8.99. The van der Waals surface area contributed by atoms with Crippen molar-refractivity contribution in [2.75, 3.05) is 11.6 Å². The number of thioether (sulfide) groups is 1. The van der Waals surface area contributed by atoms with E-state index in [0.717, 1.165) is 10.5 Å². The van der Waals surface area contributed by atoms with Crippen LogP contribution in [0.25, 0.3) is 0 Å². The van der Waals surface area contributed by atoms with Crippen LogP contribution in [0, 0.1) is 6.92 Å². The predicted octanol–water partition coefficient (Wildman–Crippen LogP) is 4.45. The van der Waals surface area contributed by atoms with Crippen molar-refractivity contribution < 1.29 is 13.2 Å². The van der Waals surface area contributed by atoms with Crippen LogP contribution in [-0.2, 0) is 16.6 Å². The standard InChI is InChI=1S/C22H22N2O3S2/c1-16-11-12-18(22(25)24-19-9-6-10-20(14-19)28-2)13-21(16)29(26,27)23-15-17-7-4-3-5-8-17/h3-14,23H,15H2,1-2H3,(H,24,25). The van der Waals surface area contributed by atoms with Gasteiger partial charge in [-0.15, -0.1) is 11.8 Å². The minimum atomic E-state index is -3.76. The van der Waals surface area contributed by atoms with Gasteiger partial charge in [0, 0.05) is 22.7 Å². The molecular weight excluding hydrogens is 404 g/mol. The predicted molar refractivity (Wildman–Crippen MR) is 118 cm³/mol. The topological polar surface area (TPSA) is 75.3 Å². The maximum atomic E-state index is 12.8. The number of carbonyl (C=O) groups excluding carboxylic acids is 1. The quantitative estimate of drug-likeness (QED) is 0.548. The first kappa shape index (κ1) is 21.1. The van der Waals surface area contributed by atoms with Crippen molar-refractivity contribution in [1.82, 2.24) is 4.72 Å². The largest absolute Gasteiger partial charge is 0.322 e. The molecule has 0 radical (unpaired) electrons. The summed E-state index contributed by atoms with van der Waals surface area (Å²) in [6, 6.07) is 21.4. The minimum absolute atomic E-state index is 0.0962. The van der Waals surface area contributed by atoms with Gasteiger partial charge in [0.25, 0.3) is 5.91 Å². The highest BCUT2D eigenvalue weighted by atomic mass is 32.2. The molecule has 0 aliphatic heterocycles. The summed E-state index contributed by atoms with van der Waals surface area (Å²) in [4.78, 5) is 13.8. The fourth-order valence-electron chi connectivity index (χ4n) is 2.79. The van der Waals surface area contributed by atoms with Crippen LogP contribution >= 0.6 is 11.8 Å². The number of sulfonamides is 1. The van der Waals surface area contributed by atoms with Crippen LogP contribution in [0.5, 0.6) is 0 Å². The molecule has 7 heteroatoms. The number of nitrogens with one attached hydrogen (secondary N) is 2. The molecule has 0 aliphatic carbocycles. The van der Waals surface area contributed by atoms with E-state index in [0.29, 0.717) is 11.3 Å². The monoisotopic (exact) mass is 426 g/mol. The number of anilines is 1. The first-order valence-corrected chi connectivity index (χ1v) is 11.7. The molecular formula is C22H22N2O3S2. The van der Waals surface area contributed by atoms with Crippen molar-refractivity contribution in [3.05, 3.63) is 89.5 Å². The Hall–Kier alpha value is -2.61. The Bertz CT molecular complexity index is 1110. The van der Waals surface area contributed by atoms with Crippen molar-refractivity contribution in [2.24, 2.45) is 0 Å². The second-order valence-electron chi connectivity index (χ2n) is 6.48. The number of amides is 1. The van der Waals surface area contributed by atoms with Gasteiger partial charge in [0.2, 0.25) is 10.0 Å². The van der Waals surface area contributed by atoms with Crippen LogP contribution in [-0.4, -0.2) is 20.6 Å². The van der Waals surface area contributed by atoms with Gasteiger partial charge in [0.05, 0.1) is 4.90 Å². The van der Waals surface area contributed by atoms with E-state index in [9.17, 15) is 13.2 Å². The highest BCUT2D eigenvalue weighted by Gasteiger charge is 2.19. The molecule has 150 valence electrons. The second-order valence-corrected chi connectivity index (χ2v) is 9.09. The van der Waals surface area contributed by atoms with Gasteiger partial charge < -0.3 is 5.32 Å². The normalized spacial score (nSPS) is 11.2. The summed E-state index contributed by atoms with van der Waals surface area (Å²) in [5.41, 5.74) is 2.38. The number of carbonyl (C=O) groups is 1. The van der Waals surface area contributed by atoms with Gasteiger partial charge in [-0.3, -0.25) is 4.79 Å². The zero-order chi connectivity index (χ0) is 20.9. The molecule has 0 fully saturated rings. The minimum Gasteiger partial charge on any atom is -0.322 e. The average molecular weight is 427 g/mol. The fraction of sp³-hybridized carbons (Fsp3) is 0.136. The lowest BCUT2D eigenvalue weighted by Gasteiger charge is -2.12. The van der Waals surface area contributed by atoms with Crippen LogP contribution in [0.1, 0.15) is 21.5 Å². The molecule has 3 aromatic carbocycles. The van der Waals surface area contributed by atoms with E-state index in [1.807, 2.05) is 54.8 Å². The van der Waals surface area contributed by atoms with Gasteiger partial charge in [0.15, 0.2) is 0 Å². The Morgan fingerprint density at radius 2 is 1.72 bits per heavy atom. The number of benzene rings is 3. The molecule has 0 saturated heterocycles. The Morgan fingerprint density at radius 3 is 2.45 bits per heavy atom. The van der Waals surface area contributed by atoms with Gasteiger partial charge in [-0.25, -0.2) is 13.1 Å². The van der Waals surface area contributed by atoms with Gasteiger partial charge >= 0.3 is 0 Å². The summed E-state index contributed by atoms with van der Waals surface area (Å²) in [7, 11) is -3.76. The third-order valence-electron chi connectivity index (χ3n) is 4.38. The molecule has 2 N–H and O–H groups in total. The maximum absolute atomic E-state index is 12.8. The van der Waals surface area contributed by atoms with Crippen molar-refractivity contribution in [1.29, 1.82) is 0 Å². The number of hydrogen-bond donors (Lipinski definition) is 2. The van der Waals surface area contributed by atoms with Gasteiger partial charge in [-0.2, -0.15) is 0 Å². The molecule has 29 heavy (non-hydrogen) atoms. The van der Waals surface area contributed by atoms with E-state index in [1.54, 1.807) is 36.9 Å². The third-order valence-corrected chi connectivity index (χ3v) is 6.65. The number of rotatable bonds is 7. The van der Waals surface area contributed by atoms with E-state index >= 15 is 0 Å². The van der Waals surface area contributed by atoms with Gasteiger partial charge in [-0.05, 0) is 54.6 Å². The van der Waals surface area contributed by atoms with Crippen LogP contribution < -0.4 is 10.0 Å². The molecule has 0 saturated carbocycles. The SMILES string of the molecule is CSc1cccc(NC(=O)c2ccc(C)c(S(=O)(=O)NCc3ccccc3)c2)c1. The Morgan fingerprint density at radius 1 is 0.966 bits per heavy atom. The molecule has 3 rings (SSSR count). The summed E-state index contributed by atoms with van der Waals surface area (Å²) in [6.07, 6.45) is 1.96. The molecule has 0 bridgehead atoms. The Balaban J connectivity index is 1.80. The van der Waals surface area contributed by atoms with Crippen molar-refractivity contribution in [3.8, 4) is 0 Å². The number of hydrogen-bond acceptors (Lipinski definition) is 4. The van der Waals surface area contributed by atoms with E-state index in [-0.39, 0.29) is 22.9 Å². The Labute approximate surface area is 175 Å². The van der Waals surface area contributed by atoms with Crippen molar-refractivity contribution in [2.45, 2.75) is 23.3 Å². The average Bonchev–Trinajstić information content (AvgIpc) is 2.73. The highest BCUT2D eigenvalue weighted by molar-refractivity contribution is 7.98. The highest BCUT2D eigenvalue weighted by Crippen LogP contribution is 2.21. The summed E-state index contributed by atoms with van der Waals surface area (Å²) < 4.78 is 28.2. The molecule has 0 heterocycles. The summed E-state index contributed by atoms with van der Waals surface area (Å²) in [5, 5.41) is 2.82. The summed E-state index contributed by atoms with van der Waals surface area (Å²) >= 11 is 1.58. The second kappa shape index (κ2) is 9.26. The maximum Gasteiger partial charge on any atom is 0.255 e. The lowest BCUT2D eigenvalue weighted by atomic mass is 10.1. The van der Waals surface area contributed by atoms with E-state index < -0.39 is 10.0 Å². The Kier molecular flexibility index (Phi) is 6.74. The molecule has 3 aromatic rings. The van der Waals surface area contributed by atoms with E-state index in [1.165, 1.54) is 6.07 Å². The smallest absolute Gasteiger partial charge is 0.255 e. The van der Waals surface area contributed by atoms with Crippen LogP contribution in [0.2, 0.25) is 0 Å². The third kappa shape index (κ3) is 5.47. The molecule has 0 aromatic heterocycles. The van der Waals surface area contributed by atoms with E-state index in [4.69, 9.17) is 0 Å². The molecule has 0 atom stereocenters. The molecule has 0 spiro atoms. The molecule has 5 nitrogen and oxygen atoms in total. The summed E-state index contributed by atoms with van der Waals surface area (Å²) in [6.45, 7) is 1.89. The fourth-order valence-corrected chi connectivity index (χ4v) is 4.53. The van der Waals surface area contributed by atoms with Crippen molar-refractivity contribution >= 4 is 33.4 Å². The number of aryl methyl sites for hydroxylation is 1. The zero-order valence-electron chi connectivity index (χ0n) is 16.2. The van der Waals surface area contributed by atoms with Crippen molar-refractivity contribution in [3.63, 3.8) is 0 Å². The van der Waals surface area contributed by atoms with Crippen LogP contribution in [0.4, 0.5) is 5.69 Å². The summed E-state index contributed by atoms with van der Waals surface area (Å²) in [5.74, 6) is -0.359. The molecule has 1 amide bonds. The molecule has 0 unspecified atom stereocenters. The van der Waals surface area contributed by atoms with Gasteiger partial charge in [-0.1, -0.05) is 42.5 Å². The first-order chi connectivity index (χ1) is 13.9. The van der Waals surface area contributed by atoms with Crippen LogP contribution in [0.15, 0.2) is 82.6 Å². The van der Waals surface area contributed by atoms with Crippen LogP contribution in [0.3, 0.4) is 0 Å². The van der Waals surface area contributed by atoms with E-state index in [2.05, 4.69) is 10.0 Å². The van der Waals surface area contributed by atoms with Gasteiger partial charge in [0.1, 0.15) is 0 Å². The zero-order valence-corrected chi connectivity index (χ0v) is 17.8.